The summed E-state index contributed by atoms with van der Waals surface area (Å²) in [5.74, 6) is -1.87. The zero-order valence-corrected chi connectivity index (χ0v) is 17.8. The zero-order valence-electron chi connectivity index (χ0n) is 16.3. The molecule has 2 aromatic carbocycles. The van der Waals surface area contributed by atoms with Crippen LogP contribution in [0.3, 0.4) is 0 Å². The molecule has 0 aromatic heterocycles. The van der Waals surface area contributed by atoms with Gasteiger partial charge < -0.3 is 19.5 Å². The Morgan fingerprint density at radius 1 is 1.30 bits per heavy atom. The number of ether oxygens (including phenoxy) is 2. The Bertz CT molecular complexity index is 976. The lowest BCUT2D eigenvalue weighted by Gasteiger charge is -2.48. The number of rotatable bonds is 3. The van der Waals surface area contributed by atoms with Crippen molar-refractivity contribution in [3.63, 3.8) is 0 Å². The molecule has 0 bridgehead atoms. The molecule has 2 fully saturated rings. The van der Waals surface area contributed by atoms with Crippen molar-refractivity contribution in [2.45, 2.75) is 11.8 Å². The lowest BCUT2D eigenvalue weighted by atomic mass is 10.00. The molecular weight excluding hydrogens is 434 g/mol. The molecule has 6 nitrogen and oxygen atoms in total. The fraction of sp³-hybridized carbons (Fsp3) is 0.381. The number of nitrogens with zero attached hydrogens (tertiary/aromatic N) is 2. The van der Waals surface area contributed by atoms with Crippen LogP contribution in [-0.2, 0) is 10.5 Å². The van der Waals surface area contributed by atoms with E-state index < -0.39 is 11.6 Å². The van der Waals surface area contributed by atoms with E-state index in [4.69, 9.17) is 32.7 Å². The van der Waals surface area contributed by atoms with Crippen molar-refractivity contribution in [1.29, 1.82) is 0 Å². The minimum Gasteiger partial charge on any atom is -0.495 e. The molecule has 2 heterocycles. The third-order valence-electron chi connectivity index (χ3n) is 5.61. The highest BCUT2D eigenvalue weighted by Crippen LogP contribution is 2.34. The lowest BCUT2D eigenvalue weighted by Crippen LogP contribution is -2.63. The molecule has 0 aliphatic carbocycles. The van der Waals surface area contributed by atoms with Gasteiger partial charge >= 0.3 is 0 Å². The van der Waals surface area contributed by atoms with Crippen molar-refractivity contribution >= 4 is 29.1 Å². The number of morpholine rings is 1. The van der Waals surface area contributed by atoms with Crippen LogP contribution in [0.15, 0.2) is 36.4 Å². The van der Waals surface area contributed by atoms with Crippen molar-refractivity contribution < 1.29 is 23.8 Å². The van der Waals surface area contributed by atoms with Gasteiger partial charge in [0.25, 0.3) is 5.91 Å². The molecule has 2 atom stereocenters. The van der Waals surface area contributed by atoms with Crippen molar-refractivity contribution in [3.05, 3.63) is 63.4 Å². The molecule has 160 valence electrons. The molecule has 2 aromatic rings. The van der Waals surface area contributed by atoms with Crippen molar-refractivity contribution in [2.24, 2.45) is 0 Å². The van der Waals surface area contributed by atoms with Crippen LogP contribution in [-0.4, -0.2) is 66.8 Å². The third-order valence-corrected chi connectivity index (χ3v) is 6.29. The first kappa shape index (κ1) is 21.3. The van der Waals surface area contributed by atoms with Crippen LogP contribution in [0.2, 0.25) is 10.0 Å². The van der Waals surface area contributed by atoms with Gasteiger partial charge in [0, 0.05) is 25.2 Å². The predicted molar refractivity (Wildman–Crippen MR) is 111 cm³/mol. The van der Waals surface area contributed by atoms with Gasteiger partial charge in [-0.2, -0.15) is 0 Å². The number of methoxy groups -OCH3 is 1. The topological polar surface area (TPSA) is 62.2 Å². The minimum atomic E-state index is -1.59. The maximum absolute atomic E-state index is 13.5. The Balaban J connectivity index is 1.47. The van der Waals surface area contributed by atoms with Crippen molar-refractivity contribution in [3.8, 4) is 5.75 Å². The first-order valence-corrected chi connectivity index (χ1v) is 10.3. The molecule has 2 aliphatic heterocycles. The third kappa shape index (κ3) is 3.88. The van der Waals surface area contributed by atoms with E-state index in [1.165, 1.54) is 25.3 Å². The van der Waals surface area contributed by atoms with Crippen LogP contribution in [0.1, 0.15) is 15.9 Å². The van der Waals surface area contributed by atoms with Gasteiger partial charge in [-0.15, -0.1) is 0 Å². The number of piperazine rings is 1. The number of halogens is 3. The Morgan fingerprint density at radius 3 is 2.83 bits per heavy atom. The van der Waals surface area contributed by atoms with Crippen molar-refractivity contribution in [2.75, 3.05) is 39.9 Å². The molecule has 30 heavy (non-hydrogen) atoms. The molecule has 0 saturated carbocycles. The molecule has 0 radical (unpaired) electrons. The monoisotopic (exact) mass is 454 g/mol. The number of carbonyl (C=O) groups is 1. The van der Waals surface area contributed by atoms with Gasteiger partial charge in [0.05, 0.1) is 41.9 Å². The maximum atomic E-state index is 13.5. The van der Waals surface area contributed by atoms with Gasteiger partial charge in [-0.3, -0.25) is 9.69 Å². The first-order chi connectivity index (χ1) is 14.3. The number of fused-ring (bicyclic) bond motifs is 1. The fourth-order valence-corrected chi connectivity index (χ4v) is 4.38. The number of benzene rings is 2. The van der Waals surface area contributed by atoms with Crippen LogP contribution >= 0.6 is 23.2 Å². The van der Waals surface area contributed by atoms with Crippen molar-refractivity contribution in [1.82, 2.24) is 9.80 Å². The van der Waals surface area contributed by atoms with Gasteiger partial charge in [0.2, 0.25) is 5.79 Å². The van der Waals surface area contributed by atoms with Crippen LogP contribution in [0.5, 0.6) is 5.75 Å². The Labute approximate surface area is 183 Å². The summed E-state index contributed by atoms with van der Waals surface area (Å²) in [4.78, 5) is 16.8. The Hall–Kier alpha value is -1.90. The minimum absolute atomic E-state index is 0.0720. The van der Waals surface area contributed by atoms with E-state index in [0.717, 1.165) is 0 Å². The molecule has 0 spiro atoms. The first-order valence-electron chi connectivity index (χ1n) is 9.50. The summed E-state index contributed by atoms with van der Waals surface area (Å²) in [5.41, 5.74) is 0.785. The summed E-state index contributed by atoms with van der Waals surface area (Å²) in [6.45, 7) is 1.87. The standard InChI is InChI=1S/C21H21Cl2FN2O4/c1-29-18-4-2-3-15(19(18)23)20(27)25-7-8-26-12-21(28,30-11-14(26)10-25)13-5-6-17(24)16(22)9-13/h2-6,9,14,28H,7-8,10-12H2,1H3/t14-,21?/m0/s1. The predicted octanol–water partition coefficient (Wildman–Crippen LogP) is 3.14. The summed E-state index contributed by atoms with van der Waals surface area (Å²) in [5, 5.41) is 11.2. The van der Waals surface area contributed by atoms with E-state index in [0.29, 0.717) is 36.5 Å². The lowest BCUT2D eigenvalue weighted by molar-refractivity contribution is -0.265. The molecule has 2 saturated heterocycles. The molecule has 1 N–H and O–H groups in total. The summed E-state index contributed by atoms with van der Waals surface area (Å²) in [6.07, 6.45) is 0. The average molecular weight is 455 g/mol. The van der Waals surface area contributed by atoms with Gasteiger partial charge in [-0.05, 0) is 24.3 Å². The quantitative estimate of drug-likeness (QED) is 0.771. The number of carbonyl (C=O) groups excluding carboxylic acids is 1. The average Bonchev–Trinajstić information content (AvgIpc) is 2.75. The van der Waals surface area contributed by atoms with E-state index in [1.807, 2.05) is 0 Å². The normalized spacial score (nSPS) is 24.4. The molecule has 4 rings (SSSR count). The maximum Gasteiger partial charge on any atom is 0.255 e. The summed E-state index contributed by atoms with van der Waals surface area (Å²) < 4.78 is 24.4. The van der Waals surface area contributed by atoms with E-state index in [2.05, 4.69) is 4.90 Å². The van der Waals surface area contributed by atoms with Crippen LogP contribution in [0.25, 0.3) is 0 Å². The van der Waals surface area contributed by atoms with Gasteiger partial charge in [-0.25, -0.2) is 4.39 Å². The largest absolute Gasteiger partial charge is 0.495 e. The van der Waals surface area contributed by atoms with Crippen LogP contribution in [0.4, 0.5) is 4.39 Å². The highest BCUT2D eigenvalue weighted by Gasteiger charge is 2.43. The second-order valence-corrected chi connectivity index (χ2v) is 8.21. The van der Waals surface area contributed by atoms with E-state index in [9.17, 15) is 14.3 Å². The highest BCUT2D eigenvalue weighted by atomic mass is 35.5. The fourth-order valence-electron chi connectivity index (χ4n) is 3.92. The Morgan fingerprint density at radius 2 is 2.10 bits per heavy atom. The van der Waals surface area contributed by atoms with E-state index in [1.54, 1.807) is 23.1 Å². The number of aliphatic hydroxyl groups is 1. The number of amides is 1. The molecule has 1 unspecified atom stereocenters. The van der Waals surface area contributed by atoms with Gasteiger partial charge in [0.1, 0.15) is 11.6 Å². The Kier molecular flexibility index (Phi) is 5.92. The zero-order chi connectivity index (χ0) is 21.5. The van der Waals surface area contributed by atoms with Crippen LogP contribution < -0.4 is 4.74 Å². The summed E-state index contributed by atoms with van der Waals surface area (Å²) in [7, 11) is 1.50. The van der Waals surface area contributed by atoms with Crippen LogP contribution in [0, 0.1) is 5.82 Å². The highest BCUT2D eigenvalue weighted by molar-refractivity contribution is 6.35. The summed E-state index contributed by atoms with van der Waals surface area (Å²) >= 11 is 12.2. The smallest absolute Gasteiger partial charge is 0.255 e. The van der Waals surface area contributed by atoms with E-state index in [-0.39, 0.29) is 35.1 Å². The molecular formula is C21H21Cl2FN2O4. The second-order valence-electron chi connectivity index (χ2n) is 7.42. The SMILES string of the molecule is COc1cccc(C(=O)N2CCN3CC(O)(c4ccc(F)c(Cl)c4)OC[C@@H]3C2)c1Cl. The van der Waals surface area contributed by atoms with Gasteiger partial charge in [0.15, 0.2) is 0 Å². The molecule has 9 heteroatoms. The number of hydrogen-bond acceptors (Lipinski definition) is 5. The molecule has 2 aliphatic rings. The second kappa shape index (κ2) is 8.32. The number of hydrogen-bond donors (Lipinski definition) is 1. The van der Waals surface area contributed by atoms with E-state index >= 15 is 0 Å². The summed E-state index contributed by atoms with van der Waals surface area (Å²) in [6, 6.07) is 9.07. The molecule has 1 amide bonds. The van der Waals surface area contributed by atoms with Gasteiger partial charge in [-0.1, -0.05) is 35.3 Å².